The summed E-state index contributed by atoms with van der Waals surface area (Å²) in [7, 11) is -1.53. The number of nitrogens with one attached hydrogen (secondary N) is 1. The molecule has 8 nitrogen and oxygen atoms in total. The van der Waals surface area contributed by atoms with E-state index in [-0.39, 0.29) is 16.7 Å². The zero-order valence-electron chi connectivity index (χ0n) is 18.8. The maximum Gasteiger partial charge on any atom is 0.285 e. The van der Waals surface area contributed by atoms with Crippen LogP contribution < -0.4 is 10.2 Å². The summed E-state index contributed by atoms with van der Waals surface area (Å²) in [5, 5.41) is 3.04. The van der Waals surface area contributed by atoms with Crippen LogP contribution in [0.1, 0.15) is 18.4 Å². The molecule has 2 fully saturated rings. The third kappa shape index (κ3) is 4.47. The second kappa shape index (κ2) is 8.79. The first kappa shape index (κ1) is 21.9. The maximum atomic E-state index is 13.0. The van der Waals surface area contributed by atoms with Crippen molar-refractivity contribution in [3.8, 4) is 0 Å². The lowest BCUT2D eigenvalue weighted by Crippen LogP contribution is -2.44. The number of piperazine rings is 1. The van der Waals surface area contributed by atoms with E-state index in [4.69, 9.17) is 0 Å². The highest BCUT2D eigenvalue weighted by Crippen LogP contribution is 2.30. The van der Waals surface area contributed by atoms with Gasteiger partial charge in [0.2, 0.25) is 5.91 Å². The van der Waals surface area contributed by atoms with Crippen molar-refractivity contribution < 1.29 is 13.2 Å². The number of likely N-dealkylation sites (N-methyl/N-ethyl adjacent to an activating group) is 1. The minimum absolute atomic E-state index is 0.0400. The summed E-state index contributed by atoms with van der Waals surface area (Å²) in [6.07, 6.45) is 1.57. The van der Waals surface area contributed by atoms with Gasteiger partial charge in [0.05, 0.1) is 5.92 Å². The van der Waals surface area contributed by atoms with Crippen LogP contribution in [-0.2, 0) is 14.8 Å². The number of benzene rings is 2. The molecule has 1 amide bonds. The molecule has 3 heterocycles. The number of nitrogens with zero attached hydrogens (tertiary/aromatic N) is 4. The molecular formula is C24H29N5O3S. The molecule has 3 aliphatic rings. The number of piperidine rings is 1. The summed E-state index contributed by atoms with van der Waals surface area (Å²) < 4.78 is 28.9. The molecule has 3 aliphatic heterocycles. The summed E-state index contributed by atoms with van der Waals surface area (Å²) in [6, 6.07) is 14.9. The molecule has 1 N–H and O–H groups in total. The lowest BCUT2D eigenvalue weighted by molar-refractivity contribution is -0.121. The van der Waals surface area contributed by atoms with Crippen molar-refractivity contribution >= 4 is 33.1 Å². The van der Waals surface area contributed by atoms with Crippen molar-refractivity contribution in [2.45, 2.75) is 17.7 Å². The van der Waals surface area contributed by atoms with E-state index in [1.54, 1.807) is 18.2 Å². The Morgan fingerprint density at radius 3 is 2.45 bits per heavy atom. The number of amidine groups is 1. The molecule has 0 spiro atoms. The summed E-state index contributed by atoms with van der Waals surface area (Å²) >= 11 is 0. The topological polar surface area (TPSA) is 85.3 Å². The van der Waals surface area contributed by atoms with Gasteiger partial charge in [-0.3, -0.25) is 4.79 Å². The van der Waals surface area contributed by atoms with Crippen LogP contribution in [0.4, 0.5) is 11.4 Å². The average molecular weight is 468 g/mol. The minimum atomic E-state index is -3.67. The van der Waals surface area contributed by atoms with Crippen LogP contribution in [0.3, 0.4) is 0 Å². The fourth-order valence-electron chi connectivity index (χ4n) is 4.76. The van der Waals surface area contributed by atoms with Crippen LogP contribution in [-0.4, -0.2) is 76.3 Å². The van der Waals surface area contributed by atoms with E-state index >= 15 is 0 Å². The highest BCUT2D eigenvalue weighted by Gasteiger charge is 2.35. The lowest BCUT2D eigenvalue weighted by Gasteiger charge is -2.34. The third-order valence-electron chi connectivity index (χ3n) is 6.71. The standard InChI is InChI=1S/C24H29N5O3S/c1-27-13-15-28(16-14-27)20-10-8-19(9-11-20)25-24(30)18-5-4-12-29(17-18)23-21-6-2-3-7-22(21)33(31,32)26-23/h2-3,6-11,18H,4-5,12-17H2,1H3,(H,25,30)/t18-/m0/s1. The molecule has 2 saturated heterocycles. The fraction of sp³-hybridized carbons (Fsp3) is 0.417. The number of hydrogen-bond acceptors (Lipinski definition) is 6. The first-order chi connectivity index (χ1) is 15.9. The SMILES string of the molecule is CN1CCN(c2ccc(NC(=O)[C@H]3CCCN(C4=NS(=O)(=O)c5ccccc54)C3)cc2)CC1. The van der Waals surface area contributed by atoms with E-state index in [0.717, 1.165) is 44.7 Å². The summed E-state index contributed by atoms with van der Waals surface area (Å²) in [5.41, 5.74) is 2.57. The van der Waals surface area contributed by atoms with Gasteiger partial charge in [-0.05, 0) is 56.3 Å². The van der Waals surface area contributed by atoms with Crippen LogP contribution in [0, 0.1) is 5.92 Å². The van der Waals surface area contributed by atoms with Crippen molar-refractivity contribution in [1.82, 2.24) is 9.80 Å². The van der Waals surface area contributed by atoms with Crippen LogP contribution >= 0.6 is 0 Å². The first-order valence-electron chi connectivity index (χ1n) is 11.4. The molecule has 5 rings (SSSR count). The van der Waals surface area contributed by atoms with Crippen molar-refractivity contribution in [3.05, 3.63) is 54.1 Å². The molecule has 0 saturated carbocycles. The van der Waals surface area contributed by atoms with Gasteiger partial charge in [-0.15, -0.1) is 4.40 Å². The number of rotatable bonds is 3. The van der Waals surface area contributed by atoms with Crippen LogP contribution in [0.5, 0.6) is 0 Å². The quantitative estimate of drug-likeness (QED) is 0.745. The molecule has 0 bridgehead atoms. The number of likely N-dealkylation sites (tertiary alicyclic amines) is 1. The number of fused-ring (bicyclic) bond motifs is 1. The zero-order chi connectivity index (χ0) is 23.0. The highest BCUT2D eigenvalue weighted by atomic mass is 32.2. The predicted octanol–water partition coefficient (Wildman–Crippen LogP) is 2.24. The van der Waals surface area contributed by atoms with E-state index in [2.05, 4.69) is 38.7 Å². The Morgan fingerprint density at radius 1 is 0.970 bits per heavy atom. The van der Waals surface area contributed by atoms with Gasteiger partial charge >= 0.3 is 0 Å². The number of hydrogen-bond donors (Lipinski definition) is 1. The largest absolute Gasteiger partial charge is 0.369 e. The van der Waals surface area contributed by atoms with Crippen molar-refractivity contribution in [2.75, 3.05) is 56.5 Å². The molecule has 0 unspecified atom stereocenters. The second-order valence-corrected chi connectivity index (χ2v) is 10.6. The summed E-state index contributed by atoms with van der Waals surface area (Å²) in [6.45, 7) is 5.24. The molecule has 2 aromatic carbocycles. The van der Waals surface area contributed by atoms with Crippen molar-refractivity contribution in [3.63, 3.8) is 0 Å². The van der Waals surface area contributed by atoms with Gasteiger partial charge in [0.1, 0.15) is 4.90 Å². The van der Waals surface area contributed by atoms with Gasteiger partial charge in [-0.25, -0.2) is 0 Å². The Labute approximate surface area is 194 Å². The molecule has 33 heavy (non-hydrogen) atoms. The summed E-state index contributed by atoms with van der Waals surface area (Å²) in [4.78, 5) is 19.9. The molecule has 0 radical (unpaired) electrons. The van der Waals surface area contributed by atoms with Gasteiger partial charge in [-0.1, -0.05) is 12.1 Å². The summed E-state index contributed by atoms with van der Waals surface area (Å²) in [5.74, 6) is 0.190. The molecule has 0 aromatic heterocycles. The molecule has 9 heteroatoms. The number of carbonyl (C=O) groups excluding carboxylic acids is 1. The Bertz CT molecular complexity index is 1170. The van der Waals surface area contributed by atoms with Gasteiger partial charge in [-0.2, -0.15) is 8.42 Å². The normalized spacial score (nSPS) is 22.6. The van der Waals surface area contributed by atoms with Crippen LogP contribution in [0.15, 0.2) is 57.8 Å². The number of sulfonamides is 1. The minimum Gasteiger partial charge on any atom is -0.369 e. The third-order valence-corrected chi connectivity index (χ3v) is 8.03. The number of carbonyl (C=O) groups is 1. The second-order valence-electron chi connectivity index (χ2n) is 9.00. The Morgan fingerprint density at radius 2 is 1.70 bits per heavy atom. The smallest absolute Gasteiger partial charge is 0.285 e. The molecule has 2 aromatic rings. The zero-order valence-corrected chi connectivity index (χ0v) is 19.6. The van der Waals surface area contributed by atoms with E-state index in [1.165, 1.54) is 5.69 Å². The molecule has 1 atom stereocenters. The van der Waals surface area contributed by atoms with E-state index in [0.29, 0.717) is 24.5 Å². The average Bonchev–Trinajstić information content (AvgIpc) is 3.11. The first-order valence-corrected chi connectivity index (χ1v) is 12.9. The Hall–Kier alpha value is -2.91. The molecule has 0 aliphatic carbocycles. The van der Waals surface area contributed by atoms with Gasteiger partial charge in [0.25, 0.3) is 10.0 Å². The number of amides is 1. The predicted molar refractivity (Wildman–Crippen MR) is 129 cm³/mol. The fourth-order valence-corrected chi connectivity index (χ4v) is 5.99. The monoisotopic (exact) mass is 467 g/mol. The van der Waals surface area contributed by atoms with Crippen LogP contribution in [0.2, 0.25) is 0 Å². The molecular weight excluding hydrogens is 438 g/mol. The Balaban J connectivity index is 1.24. The lowest BCUT2D eigenvalue weighted by atomic mass is 9.96. The molecule has 174 valence electrons. The maximum absolute atomic E-state index is 13.0. The van der Waals surface area contributed by atoms with Crippen LogP contribution in [0.25, 0.3) is 0 Å². The van der Waals surface area contributed by atoms with Crippen molar-refractivity contribution in [1.29, 1.82) is 0 Å². The van der Waals surface area contributed by atoms with Gasteiger partial charge < -0.3 is 20.0 Å². The Kier molecular flexibility index (Phi) is 5.84. The van der Waals surface area contributed by atoms with Crippen molar-refractivity contribution in [2.24, 2.45) is 10.3 Å². The van der Waals surface area contributed by atoms with Gasteiger partial charge in [0.15, 0.2) is 5.84 Å². The number of anilines is 2. The van der Waals surface area contributed by atoms with E-state index < -0.39 is 10.0 Å². The van der Waals surface area contributed by atoms with E-state index in [1.807, 2.05) is 23.1 Å². The highest BCUT2D eigenvalue weighted by molar-refractivity contribution is 7.90. The van der Waals surface area contributed by atoms with E-state index in [9.17, 15) is 13.2 Å². The van der Waals surface area contributed by atoms with Gasteiger partial charge in [0, 0.05) is 56.2 Å².